The first-order valence-electron chi connectivity index (χ1n) is 6.48. The molecule has 21 heavy (non-hydrogen) atoms. The quantitative estimate of drug-likeness (QED) is 0.784. The number of carbonyl (C=O) groups is 1. The van der Waals surface area contributed by atoms with Crippen LogP contribution in [0.25, 0.3) is 0 Å². The van der Waals surface area contributed by atoms with Crippen molar-refractivity contribution in [2.75, 3.05) is 5.75 Å². The zero-order valence-electron chi connectivity index (χ0n) is 11.5. The fourth-order valence-electron chi connectivity index (χ4n) is 1.82. The highest BCUT2D eigenvalue weighted by Gasteiger charge is 2.11. The summed E-state index contributed by atoms with van der Waals surface area (Å²) in [5, 5.41) is 2.91. The molecule has 0 spiro atoms. The minimum atomic E-state index is -0.295. The fraction of sp³-hybridized carbons (Fsp3) is 0.188. The smallest absolute Gasteiger partial charge is 0.230 e. The summed E-state index contributed by atoms with van der Waals surface area (Å²) in [5.41, 5.74) is 1.03. The fourth-order valence-corrected chi connectivity index (χ4v) is 2.84. The molecule has 1 amide bonds. The lowest BCUT2D eigenvalue weighted by Crippen LogP contribution is -2.28. The molecule has 0 aliphatic heterocycles. The van der Waals surface area contributed by atoms with Crippen molar-refractivity contribution in [1.29, 1.82) is 0 Å². The predicted octanol–water partition coefficient (Wildman–Crippen LogP) is 4.56. The van der Waals surface area contributed by atoms with E-state index in [1.54, 1.807) is 18.2 Å². The molecule has 0 bridgehead atoms. The van der Waals surface area contributed by atoms with Gasteiger partial charge in [0.25, 0.3) is 0 Å². The van der Waals surface area contributed by atoms with Crippen LogP contribution in [0.15, 0.2) is 57.9 Å². The van der Waals surface area contributed by atoms with Crippen molar-refractivity contribution in [2.45, 2.75) is 17.9 Å². The average molecular weight is 368 g/mol. The average Bonchev–Trinajstić information content (AvgIpc) is 2.47. The van der Waals surface area contributed by atoms with Gasteiger partial charge in [0.2, 0.25) is 5.91 Å². The molecule has 5 heteroatoms. The van der Waals surface area contributed by atoms with Gasteiger partial charge in [-0.1, -0.05) is 40.2 Å². The Hall–Kier alpha value is -1.33. The summed E-state index contributed by atoms with van der Waals surface area (Å²) in [7, 11) is 0. The van der Waals surface area contributed by atoms with Crippen LogP contribution in [0.2, 0.25) is 0 Å². The van der Waals surface area contributed by atoms with Crippen molar-refractivity contribution >= 4 is 33.6 Å². The van der Waals surface area contributed by atoms with Crippen LogP contribution in [0.5, 0.6) is 0 Å². The lowest BCUT2D eigenvalue weighted by atomic mass is 10.1. The SMILES string of the molecule is CC(NC(=O)CSc1ccccc1F)c1ccc(Br)cc1. The van der Waals surface area contributed by atoms with Gasteiger partial charge in [-0.25, -0.2) is 4.39 Å². The highest BCUT2D eigenvalue weighted by molar-refractivity contribution is 9.10. The Morgan fingerprint density at radius 2 is 1.90 bits per heavy atom. The first-order chi connectivity index (χ1) is 10.1. The van der Waals surface area contributed by atoms with Crippen LogP contribution >= 0.6 is 27.7 Å². The Morgan fingerprint density at radius 1 is 1.24 bits per heavy atom. The molecular weight excluding hydrogens is 353 g/mol. The third-order valence-corrected chi connectivity index (χ3v) is 4.52. The molecule has 2 rings (SSSR count). The molecule has 2 aromatic rings. The van der Waals surface area contributed by atoms with Crippen LogP contribution in [0.1, 0.15) is 18.5 Å². The molecule has 0 aliphatic rings. The van der Waals surface area contributed by atoms with E-state index in [2.05, 4.69) is 21.2 Å². The Morgan fingerprint density at radius 3 is 2.57 bits per heavy atom. The number of thioether (sulfide) groups is 1. The molecule has 0 saturated carbocycles. The van der Waals surface area contributed by atoms with E-state index in [1.807, 2.05) is 31.2 Å². The van der Waals surface area contributed by atoms with E-state index in [-0.39, 0.29) is 23.5 Å². The Balaban J connectivity index is 1.87. The van der Waals surface area contributed by atoms with Crippen LogP contribution in [-0.4, -0.2) is 11.7 Å². The van der Waals surface area contributed by atoms with Crippen LogP contribution in [0.4, 0.5) is 4.39 Å². The first kappa shape index (κ1) is 16.0. The summed E-state index contributed by atoms with van der Waals surface area (Å²) in [6.07, 6.45) is 0. The van der Waals surface area contributed by atoms with Crippen molar-refractivity contribution in [3.8, 4) is 0 Å². The van der Waals surface area contributed by atoms with Gasteiger partial charge >= 0.3 is 0 Å². The van der Waals surface area contributed by atoms with Gasteiger partial charge < -0.3 is 5.32 Å². The summed E-state index contributed by atoms with van der Waals surface area (Å²) in [5.74, 6) is -0.211. The topological polar surface area (TPSA) is 29.1 Å². The zero-order chi connectivity index (χ0) is 15.2. The van der Waals surface area contributed by atoms with Gasteiger partial charge in [-0.2, -0.15) is 0 Å². The summed E-state index contributed by atoms with van der Waals surface area (Å²) in [6.45, 7) is 1.93. The Kier molecular flexibility index (Phi) is 5.82. The maximum absolute atomic E-state index is 13.4. The molecule has 2 nitrogen and oxygen atoms in total. The van der Waals surface area contributed by atoms with Crippen molar-refractivity contribution in [3.63, 3.8) is 0 Å². The Labute approximate surface area is 136 Å². The van der Waals surface area contributed by atoms with Crippen molar-refractivity contribution in [1.82, 2.24) is 5.32 Å². The van der Waals surface area contributed by atoms with Gasteiger partial charge in [0.1, 0.15) is 5.82 Å². The maximum Gasteiger partial charge on any atom is 0.230 e. The number of rotatable bonds is 5. The van der Waals surface area contributed by atoms with E-state index in [0.29, 0.717) is 4.90 Å². The van der Waals surface area contributed by atoms with Crippen LogP contribution in [0.3, 0.4) is 0 Å². The van der Waals surface area contributed by atoms with Crippen molar-refractivity contribution in [2.24, 2.45) is 0 Å². The van der Waals surface area contributed by atoms with Gasteiger partial charge in [0.15, 0.2) is 0 Å². The van der Waals surface area contributed by atoms with Crippen molar-refractivity contribution in [3.05, 3.63) is 64.4 Å². The Bertz CT molecular complexity index is 618. The largest absolute Gasteiger partial charge is 0.349 e. The second-order valence-electron chi connectivity index (χ2n) is 4.56. The van der Waals surface area contributed by atoms with Crippen molar-refractivity contribution < 1.29 is 9.18 Å². The highest BCUT2D eigenvalue weighted by Crippen LogP contribution is 2.21. The number of amides is 1. The lowest BCUT2D eigenvalue weighted by Gasteiger charge is -2.14. The highest BCUT2D eigenvalue weighted by atomic mass is 79.9. The number of benzene rings is 2. The van der Waals surface area contributed by atoms with Crippen LogP contribution in [0, 0.1) is 5.82 Å². The first-order valence-corrected chi connectivity index (χ1v) is 8.26. The summed E-state index contributed by atoms with van der Waals surface area (Å²) in [4.78, 5) is 12.4. The van der Waals surface area contributed by atoms with Gasteiger partial charge in [0.05, 0.1) is 11.8 Å². The molecule has 0 radical (unpaired) electrons. The molecule has 0 aromatic heterocycles. The minimum absolute atomic E-state index is 0.0770. The van der Waals surface area contributed by atoms with E-state index in [0.717, 1.165) is 10.0 Å². The second-order valence-corrected chi connectivity index (χ2v) is 6.49. The summed E-state index contributed by atoms with van der Waals surface area (Å²) < 4.78 is 14.4. The number of hydrogen-bond acceptors (Lipinski definition) is 2. The zero-order valence-corrected chi connectivity index (χ0v) is 13.9. The number of halogens is 2. The van der Waals surface area contributed by atoms with Gasteiger partial charge in [0, 0.05) is 9.37 Å². The van der Waals surface area contributed by atoms with Crippen LogP contribution in [-0.2, 0) is 4.79 Å². The van der Waals surface area contributed by atoms with Gasteiger partial charge in [-0.05, 0) is 36.8 Å². The molecule has 0 saturated heterocycles. The summed E-state index contributed by atoms with van der Waals surface area (Å²) in [6, 6.07) is 14.2. The molecule has 1 unspecified atom stereocenters. The molecule has 1 N–H and O–H groups in total. The molecule has 0 heterocycles. The summed E-state index contributed by atoms with van der Waals surface area (Å²) >= 11 is 4.58. The molecule has 2 aromatic carbocycles. The standard InChI is InChI=1S/C16H15BrFNOS/c1-11(12-6-8-13(17)9-7-12)19-16(20)10-21-15-5-3-2-4-14(15)18/h2-9,11H,10H2,1H3,(H,19,20). The van der Waals surface area contributed by atoms with Gasteiger partial charge in [-0.15, -0.1) is 11.8 Å². The predicted molar refractivity (Wildman–Crippen MR) is 87.8 cm³/mol. The van der Waals surface area contributed by atoms with Gasteiger partial charge in [-0.3, -0.25) is 4.79 Å². The number of hydrogen-bond donors (Lipinski definition) is 1. The third-order valence-electron chi connectivity index (χ3n) is 2.94. The molecular formula is C16H15BrFNOS. The normalized spacial score (nSPS) is 12.0. The van der Waals surface area contributed by atoms with E-state index >= 15 is 0 Å². The molecule has 1 atom stereocenters. The van der Waals surface area contributed by atoms with E-state index in [1.165, 1.54) is 17.8 Å². The number of nitrogens with one attached hydrogen (secondary N) is 1. The second kappa shape index (κ2) is 7.61. The van der Waals surface area contributed by atoms with Crippen LogP contribution < -0.4 is 5.32 Å². The minimum Gasteiger partial charge on any atom is -0.349 e. The maximum atomic E-state index is 13.4. The lowest BCUT2D eigenvalue weighted by molar-refractivity contribution is -0.119. The third kappa shape index (κ3) is 4.86. The molecule has 0 aliphatic carbocycles. The molecule has 110 valence electrons. The van der Waals surface area contributed by atoms with E-state index in [9.17, 15) is 9.18 Å². The molecule has 0 fully saturated rings. The monoisotopic (exact) mass is 367 g/mol. The van der Waals surface area contributed by atoms with E-state index in [4.69, 9.17) is 0 Å². The number of carbonyl (C=O) groups excluding carboxylic acids is 1. The van der Waals surface area contributed by atoms with E-state index < -0.39 is 0 Å².